The Morgan fingerprint density at radius 3 is 3.08 bits per heavy atom. The molecule has 0 unspecified atom stereocenters. The van der Waals surface area contributed by atoms with E-state index in [1.54, 1.807) is 6.20 Å². The largest absolute Gasteiger partial charge is 0.383 e. The molecule has 62 valence electrons. The van der Waals surface area contributed by atoms with Crippen molar-refractivity contribution in [3.05, 3.63) is 23.9 Å². The highest BCUT2D eigenvalue weighted by Gasteiger charge is 1.91. The summed E-state index contributed by atoms with van der Waals surface area (Å²) < 4.78 is 0. The molecule has 0 spiro atoms. The maximum atomic E-state index is 5.59. The van der Waals surface area contributed by atoms with E-state index in [4.69, 9.17) is 5.73 Å². The number of nitrogen functional groups attached to an aromatic ring is 1. The first-order chi connectivity index (χ1) is 5.84. The Morgan fingerprint density at radius 1 is 1.58 bits per heavy atom. The summed E-state index contributed by atoms with van der Waals surface area (Å²) in [6.45, 7) is 2.10. The van der Waals surface area contributed by atoms with Crippen LogP contribution in [0.2, 0.25) is 0 Å². The zero-order valence-electron chi connectivity index (χ0n) is 7.17. The summed E-state index contributed by atoms with van der Waals surface area (Å²) in [6, 6.07) is 3.72. The molecule has 0 radical (unpaired) electrons. The van der Waals surface area contributed by atoms with Crippen molar-refractivity contribution in [1.29, 1.82) is 0 Å². The van der Waals surface area contributed by atoms with Crippen molar-refractivity contribution >= 4 is 5.82 Å². The second-order valence-corrected chi connectivity index (χ2v) is 2.49. The zero-order valence-corrected chi connectivity index (χ0v) is 7.17. The number of hydrogen-bond donors (Lipinski definition) is 1. The molecule has 2 heteroatoms. The van der Waals surface area contributed by atoms with Gasteiger partial charge in [-0.05, 0) is 18.6 Å². The van der Waals surface area contributed by atoms with Gasteiger partial charge in [-0.3, -0.25) is 0 Å². The summed E-state index contributed by atoms with van der Waals surface area (Å²) >= 11 is 0. The van der Waals surface area contributed by atoms with Gasteiger partial charge >= 0.3 is 0 Å². The topological polar surface area (TPSA) is 38.9 Å². The monoisotopic (exact) mass is 160 g/mol. The highest BCUT2D eigenvalue weighted by atomic mass is 14.8. The third-order valence-corrected chi connectivity index (χ3v) is 1.44. The van der Waals surface area contributed by atoms with Gasteiger partial charge in [0.25, 0.3) is 0 Å². The molecule has 0 amide bonds. The summed E-state index contributed by atoms with van der Waals surface area (Å²) in [5.74, 6) is 6.51. The number of aromatic nitrogens is 1. The summed E-state index contributed by atoms with van der Waals surface area (Å²) in [4.78, 5) is 3.93. The van der Waals surface area contributed by atoms with Crippen LogP contribution in [0.25, 0.3) is 0 Å². The molecule has 0 atom stereocenters. The smallest absolute Gasteiger partial charge is 0.139 e. The minimum Gasteiger partial charge on any atom is -0.383 e. The molecule has 1 aromatic rings. The van der Waals surface area contributed by atoms with E-state index in [1.165, 1.54) is 0 Å². The maximum absolute atomic E-state index is 5.59. The lowest BCUT2D eigenvalue weighted by Crippen LogP contribution is -1.92. The molecule has 0 aliphatic rings. The number of hydrogen-bond acceptors (Lipinski definition) is 2. The molecule has 1 rings (SSSR count). The van der Waals surface area contributed by atoms with Crippen LogP contribution in [0.5, 0.6) is 0 Å². The highest BCUT2D eigenvalue weighted by Crippen LogP contribution is 2.03. The Balaban J connectivity index is 2.77. The van der Waals surface area contributed by atoms with Crippen molar-refractivity contribution in [2.45, 2.75) is 19.8 Å². The van der Waals surface area contributed by atoms with Crippen LogP contribution in [0.1, 0.15) is 25.3 Å². The van der Waals surface area contributed by atoms with Gasteiger partial charge in [0.1, 0.15) is 5.82 Å². The number of rotatable bonds is 1. The predicted molar refractivity (Wildman–Crippen MR) is 50.4 cm³/mol. The quantitative estimate of drug-likeness (QED) is 0.636. The summed E-state index contributed by atoms with van der Waals surface area (Å²) in [5, 5.41) is 0. The number of pyridine rings is 1. The van der Waals surface area contributed by atoms with Crippen LogP contribution in [0.15, 0.2) is 18.3 Å². The molecule has 2 nitrogen and oxygen atoms in total. The molecule has 1 heterocycles. The fraction of sp³-hybridized carbons (Fsp3) is 0.300. The van der Waals surface area contributed by atoms with E-state index >= 15 is 0 Å². The van der Waals surface area contributed by atoms with Crippen LogP contribution in [-0.2, 0) is 0 Å². The van der Waals surface area contributed by atoms with Gasteiger partial charge < -0.3 is 5.73 Å². The number of nitrogens with two attached hydrogens (primary N) is 1. The van der Waals surface area contributed by atoms with Gasteiger partial charge in [0.05, 0.1) is 5.56 Å². The minimum absolute atomic E-state index is 0.515. The highest BCUT2D eigenvalue weighted by molar-refractivity contribution is 5.49. The van der Waals surface area contributed by atoms with Crippen molar-refractivity contribution in [1.82, 2.24) is 4.98 Å². The molecule has 2 N–H and O–H groups in total. The van der Waals surface area contributed by atoms with Crippen LogP contribution in [0.4, 0.5) is 5.82 Å². The van der Waals surface area contributed by atoms with Crippen LogP contribution in [0.3, 0.4) is 0 Å². The van der Waals surface area contributed by atoms with Crippen molar-refractivity contribution in [2.24, 2.45) is 0 Å². The average molecular weight is 160 g/mol. The molecule has 0 saturated carbocycles. The van der Waals surface area contributed by atoms with Crippen molar-refractivity contribution in [3.63, 3.8) is 0 Å². The maximum Gasteiger partial charge on any atom is 0.139 e. The van der Waals surface area contributed by atoms with Crippen molar-refractivity contribution < 1.29 is 0 Å². The first kappa shape index (κ1) is 8.61. The predicted octanol–water partition coefficient (Wildman–Crippen LogP) is 1.82. The first-order valence-electron chi connectivity index (χ1n) is 4.04. The second-order valence-electron chi connectivity index (χ2n) is 2.49. The Kier molecular flexibility index (Phi) is 3.16. The van der Waals surface area contributed by atoms with Gasteiger partial charge in [-0.2, -0.15) is 0 Å². The Bertz CT molecular complexity index is 307. The lowest BCUT2D eigenvalue weighted by Gasteiger charge is -1.93. The van der Waals surface area contributed by atoms with Gasteiger partial charge in [-0.25, -0.2) is 4.98 Å². The molecule has 12 heavy (non-hydrogen) atoms. The van der Waals surface area contributed by atoms with E-state index in [-0.39, 0.29) is 0 Å². The third-order valence-electron chi connectivity index (χ3n) is 1.44. The average Bonchev–Trinajstić information content (AvgIpc) is 2.09. The zero-order chi connectivity index (χ0) is 8.81. The summed E-state index contributed by atoms with van der Waals surface area (Å²) in [5.41, 5.74) is 6.41. The van der Waals surface area contributed by atoms with Gasteiger partial charge in [-0.15, -0.1) is 0 Å². The van der Waals surface area contributed by atoms with E-state index in [0.29, 0.717) is 5.82 Å². The Labute approximate surface area is 72.8 Å². The number of nitrogens with zero attached hydrogens (tertiary/aromatic N) is 1. The second kappa shape index (κ2) is 4.40. The summed E-state index contributed by atoms with van der Waals surface area (Å²) in [7, 11) is 0. The van der Waals surface area contributed by atoms with Gasteiger partial charge in [0.15, 0.2) is 0 Å². The lowest BCUT2D eigenvalue weighted by molar-refractivity contribution is 0.983. The van der Waals surface area contributed by atoms with E-state index in [1.807, 2.05) is 12.1 Å². The third kappa shape index (κ3) is 2.28. The fourth-order valence-corrected chi connectivity index (χ4v) is 0.806. The van der Waals surface area contributed by atoms with E-state index in [0.717, 1.165) is 18.4 Å². The van der Waals surface area contributed by atoms with Crippen molar-refractivity contribution in [2.75, 3.05) is 5.73 Å². The molecule has 0 aliphatic carbocycles. The number of unbranched alkanes of at least 4 members (excludes halogenated alkanes) is 1. The van der Waals surface area contributed by atoms with Crippen LogP contribution in [-0.4, -0.2) is 4.98 Å². The Hall–Kier alpha value is -1.49. The molecule has 0 saturated heterocycles. The first-order valence-corrected chi connectivity index (χ1v) is 4.04. The number of anilines is 1. The van der Waals surface area contributed by atoms with Crippen LogP contribution < -0.4 is 5.73 Å². The van der Waals surface area contributed by atoms with E-state index < -0.39 is 0 Å². The van der Waals surface area contributed by atoms with Crippen LogP contribution >= 0.6 is 0 Å². The normalized spacial score (nSPS) is 8.75. The SMILES string of the molecule is CCCC#Cc1cccnc1N. The molecule has 0 bridgehead atoms. The van der Waals surface area contributed by atoms with Gasteiger partial charge in [0.2, 0.25) is 0 Å². The fourth-order valence-electron chi connectivity index (χ4n) is 0.806. The molecule has 0 aromatic carbocycles. The van der Waals surface area contributed by atoms with Gasteiger partial charge in [-0.1, -0.05) is 18.8 Å². The van der Waals surface area contributed by atoms with Gasteiger partial charge in [0, 0.05) is 12.6 Å². The molecular weight excluding hydrogens is 148 g/mol. The molecule has 0 aliphatic heterocycles. The van der Waals surface area contributed by atoms with Crippen molar-refractivity contribution in [3.8, 4) is 11.8 Å². The van der Waals surface area contributed by atoms with Crippen LogP contribution in [0, 0.1) is 11.8 Å². The molecular formula is C10H12N2. The molecule has 0 fully saturated rings. The Morgan fingerprint density at radius 2 is 2.42 bits per heavy atom. The molecule has 1 aromatic heterocycles. The van der Waals surface area contributed by atoms with E-state index in [9.17, 15) is 0 Å². The lowest BCUT2D eigenvalue weighted by atomic mass is 10.2. The minimum atomic E-state index is 0.515. The standard InChI is InChI=1S/C10H12N2/c1-2-3-4-6-9-7-5-8-12-10(9)11/h5,7-8H,2-3H2,1H3,(H2,11,12). The van der Waals surface area contributed by atoms with E-state index in [2.05, 4.69) is 23.7 Å². The summed E-state index contributed by atoms with van der Waals surface area (Å²) in [6.07, 6.45) is 3.65.